The van der Waals surface area contributed by atoms with Crippen molar-refractivity contribution in [3.05, 3.63) is 39.9 Å². The first-order valence-corrected chi connectivity index (χ1v) is 7.13. The van der Waals surface area contributed by atoms with E-state index >= 15 is 0 Å². The molecule has 20 heavy (non-hydrogen) atoms. The van der Waals surface area contributed by atoms with Gasteiger partial charge >= 0.3 is 0 Å². The highest BCUT2D eigenvalue weighted by molar-refractivity contribution is 5.35. The van der Waals surface area contributed by atoms with Crippen molar-refractivity contribution in [3.8, 4) is 0 Å². The number of hydrogen-bond acceptors (Lipinski definition) is 4. The molecule has 0 aliphatic heterocycles. The maximum atomic E-state index is 10.8. The van der Waals surface area contributed by atoms with E-state index in [2.05, 4.69) is 38.0 Å². The Kier molecular flexibility index (Phi) is 6.61. The van der Waals surface area contributed by atoms with E-state index in [4.69, 9.17) is 0 Å². The summed E-state index contributed by atoms with van der Waals surface area (Å²) >= 11 is 0. The molecule has 112 valence electrons. The average molecular weight is 279 g/mol. The smallest absolute Gasteiger partial charge is 0.269 e. The molecule has 1 aromatic rings. The second kappa shape index (κ2) is 7.97. The Morgan fingerprint density at radius 1 is 1.40 bits per heavy atom. The van der Waals surface area contributed by atoms with Crippen molar-refractivity contribution < 1.29 is 4.92 Å². The van der Waals surface area contributed by atoms with E-state index in [-0.39, 0.29) is 16.7 Å². The average Bonchev–Trinajstić information content (AvgIpc) is 2.43. The van der Waals surface area contributed by atoms with Crippen LogP contribution < -0.4 is 5.32 Å². The normalized spacial score (nSPS) is 12.9. The summed E-state index contributed by atoms with van der Waals surface area (Å²) in [6.07, 6.45) is 0.909. The number of benzene rings is 1. The highest BCUT2D eigenvalue weighted by Crippen LogP contribution is 2.21. The zero-order chi connectivity index (χ0) is 15.1. The standard InChI is InChI=1S/C15H25N3O2/c1-5-15(16-9-10-17(4)12(2)3)13-7-6-8-14(11-13)18(19)20/h6-8,11-12,15-16H,5,9-10H2,1-4H3. The van der Waals surface area contributed by atoms with Crippen LogP contribution in [0.1, 0.15) is 38.8 Å². The van der Waals surface area contributed by atoms with Crippen LogP contribution >= 0.6 is 0 Å². The third-order valence-electron chi connectivity index (χ3n) is 3.63. The minimum Gasteiger partial charge on any atom is -0.309 e. The summed E-state index contributed by atoms with van der Waals surface area (Å²) in [6.45, 7) is 8.25. The molecule has 0 aliphatic carbocycles. The number of likely N-dealkylation sites (N-methyl/N-ethyl adjacent to an activating group) is 1. The highest BCUT2D eigenvalue weighted by Gasteiger charge is 2.13. The molecule has 0 amide bonds. The van der Waals surface area contributed by atoms with Crippen molar-refractivity contribution in [2.24, 2.45) is 0 Å². The van der Waals surface area contributed by atoms with Crippen molar-refractivity contribution in [3.63, 3.8) is 0 Å². The van der Waals surface area contributed by atoms with Gasteiger partial charge in [0.2, 0.25) is 0 Å². The molecule has 5 heteroatoms. The number of nitrogens with zero attached hydrogens (tertiary/aromatic N) is 2. The molecule has 1 rings (SSSR count). The molecule has 1 atom stereocenters. The second-order valence-electron chi connectivity index (χ2n) is 5.34. The van der Waals surface area contributed by atoms with Crippen LogP contribution in [0.5, 0.6) is 0 Å². The van der Waals surface area contributed by atoms with Crippen molar-refractivity contribution in [1.82, 2.24) is 10.2 Å². The molecule has 1 N–H and O–H groups in total. The van der Waals surface area contributed by atoms with Crippen LogP contribution in [0.25, 0.3) is 0 Å². The van der Waals surface area contributed by atoms with Gasteiger partial charge in [-0.25, -0.2) is 0 Å². The summed E-state index contributed by atoms with van der Waals surface area (Å²) in [7, 11) is 2.10. The summed E-state index contributed by atoms with van der Waals surface area (Å²) in [5.41, 5.74) is 1.14. The molecule has 0 aromatic heterocycles. The molecule has 0 aliphatic rings. The van der Waals surface area contributed by atoms with Gasteiger partial charge in [0.15, 0.2) is 0 Å². The van der Waals surface area contributed by atoms with E-state index in [1.165, 1.54) is 6.07 Å². The Morgan fingerprint density at radius 2 is 2.10 bits per heavy atom. The SMILES string of the molecule is CCC(NCCN(C)C(C)C)c1cccc([N+](=O)[O-])c1. The van der Waals surface area contributed by atoms with E-state index in [1.807, 2.05) is 6.07 Å². The molecule has 0 saturated heterocycles. The van der Waals surface area contributed by atoms with E-state index in [0.29, 0.717) is 6.04 Å². The van der Waals surface area contributed by atoms with Crippen molar-refractivity contribution >= 4 is 5.69 Å². The van der Waals surface area contributed by atoms with Crippen LogP contribution in [0.2, 0.25) is 0 Å². The van der Waals surface area contributed by atoms with E-state index in [1.54, 1.807) is 12.1 Å². The van der Waals surface area contributed by atoms with Gasteiger partial charge in [-0.3, -0.25) is 10.1 Å². The minimum absolute atomic E-state index is 0.155. The van der Waals surface area contributed by atoms with Crippen molar-refractivity contribution in [2.75, 3.05) is 20.1 Å². The lowest BCUT2D eigenvalue weighted by Gasteiger charge is -2.23. The number of hydrogen-bond donors (Lipinski definition) is 1. The minimum atomic E-state index is -0.344. The van der Waals surface area contributed by atoms with Gasteiger partial charge in [-0.2, -0.15) is 0 Å². The van der Waals surface area contributed by atoms with Crippen LogP contribution in [0.3, 0.4) is 0 Å². The molecule has 0 radical (unpaired) electrons. The van der Waals surface area contributed by atoms with Gasteiger partial charge in [-0.05, 0) is 32.9 Å². The summed E-state index contributed by atoms with van der Waals surface area (Å²) in [5, 5.41) is 14.3. The molecule has 0 heterocycles. The van der Waals surface area contributed by atoms with Crippen molar-refractivity contribution in [2.45, 2.75) is 39.3 Å². The lowest BCUT2D eigenvalue weighted by Crippen LogP contribution is -2.35. The molecule has 0 spiro atoms. The number of nitro benzene ring substituents is 1. The fourth-order valence-corrected chi connectivity index (χ4v) is 2.03. The maximum Gasteiger partial charge on any atom is 0.269 e. The number of nitrogens with one attached hydrogen (secondary N) is 1. The van der Waals surface area contributed by atoms with E-state index in [0.717, 1.165) is 25.1 Å². The summed E-state index contributed by atoms with van der Waals surface area (Å²) < 4.78 is 0. The van der Waals surface area contributed by atoms with Gasteiger partial charge in [-0.15, -0.1) is 0 Å². The third kappa shape index (κ3) is 4.90. The van der Waals surface area contributed by atoms with Gasteiger partial charge in [0, 0.05) is 37.3 Å². The van der Waals surface area contributed by atoms with Crippen LogP contribution in [-0.2, 0) is 0 Å². The predicted octanol–water partition coefficient (Wildman–Crippen LogP) is 2.98. The molecule has 5 nitrogen and oxygen atoms in total. The first kappa shape index (κ1) is 16.6. The fourth-order valence-electron chi connectivity index (χ4n) is 2.03. The molecule has 0 fully saturated rings. The van der Waals surface area contributed by atoms with Gasteiger partial charge < -0.3 is 10.2 Å². The van der Waals surface area contributed by atoms with Crippen molar-refractivity contribution in [1.29, 1.82) is 0 Å². The topological polar surface area (TPSA) is 58.4 Å². The van der Waals surface area contributed by atoms with Gasteiger partial charge in [0.1, 0.15) is 0 Å². The largest absolute Gasteiger partial charge is 0.309 e. The molecular formula is C15H25N3O2. The first-order valence-electron chi connectivity index (χ1n) is 7.13. The van der Waals surface area contributed by atoms with Gasteiger partial charge in [0.25, 0.3) is 5.69 Å². The summed E-state index contributed by atoms with van der Waals surface area (Å²) in [5.74, 6) is 0. The lowest BCUT2D eigenvalue weighted by molar-refractivity contribution is -0.384. The zero-order valence-electron chi connectivity index (χ0n) is 12.8. The monoisotopic (exact) mass is 279 g/mol. The van der Waals surface area contributed by atoms with Crippen LogP contribution in [-0.4, -0.2) is 36.0 Å². The Hall–Kier alpha value is -1.46. The highest BCUT2D eigenvalue weighted by atomic mass is 16.6. The number of non-ortho nitro benzene ring substituents is 1. The Morgan fingerprint density at radius 3 is 2.65 bits per heavy atom. The third-order valence-corrected chi connectivity index (χ3v) is 3.63. The van der Waals surface area contributed by atoms with E-state index in [9.17, 15) is 10.1 Å². The number of nitro groups is 1. The lowest BCUT2D eigenvalue weighted by atomic mass is 10.0. The zero-order valence-corrected chi connectivity index (χ0v) is 12.8. The molecule has 1 unspecified atom stereocenters. The second-order valence-corrected chi connectivity index (χ2v) is 5.34. The van der Waals surface area contributed by atoms with Crippen LogP contribution in [0.15, 0.2) is 24.3 Å². The predicted molar refractivity (Wildman–Crippen MR) is 81.9 cm³/mol. The Bertz CT molecular complexity index is 435. The Balaban J connectivity index is 2.62. The van der Waals surface area contributed by atoms with Crippen LogP contribution in [0.4, 0.5) is 5.69 Å². The fraction of sp³-hybridized carbons (Fsp3) is 0.600. The molecule has 0 bridgehead atoms. The maximum absolute atomic E-state index is 10.8. The number of rotatable bonds is 8. The van der Waals surface area contributed by atoms with Gasteiger partial charge in [0.05, 0.1) is 4.92 Å². The Labute approximate surface area is 121 Å². The van der Waals surface area contributed by atoms with Crippen LogP contribution in [0, 0.1) is 10.1 Å². The summed E-state index contributed by atoms with van der Waals surface area (Å²) in [4.78, 5) is 12.7. The molecule has 0 saturated carbocycles. The summed E-state index contributed by atoms with van der Waals surface area (Å²) in [6, 6.07) is 7.57. The first-order chi connectivity index (χ1) is 9.45. The molecular weight excluding hydrogens is 254 g/mol. The quantitative estimate of drug-likeness (QED) is 0.587. The molecule has 1 aromatic carbocycles. The van der Waals surface area contributed by atoms with Gasteiger partial charge in [-0.1, -0.05) is 19.1 Å². The van der Waals surface area contributed by atoms with E-state index < -0.39 is 0 Å².